The van der Waals surface area contributed by atoms with E-state index in [1.54, 1.807) is 13.0 Å². The molecule has 0 aromatic heterocycles. The number of benzene rings is 2. The summed E-state index contributed by atoms with van der Waals surface area (Å²) in [6, 6.07) is 4.65. The third-order valence-corrected chi connectivity index (χ3v) is 4.91. The standard InChI is InChI=1S/C22H25Cl2N3O6/c1-6-32-16-11-17(33-7-2)15(10-14(16)23)26-27-21(12(3)28)22(29)25-13-8-18(30-4)20(24)19(9-13)31-5/h8-11,21H,6-7H2,1-5H3,(H,25,29). The van der Waals surface area contributed by atoms with Gasteiger partial charge >= 0.3 is 0 Å². The van der Waals surface area contributed by atoms with Gasteiger partial charge in [-0.2, -0.15) is 10.2 Å². The Morgan fingerprint density at radius 2 is 1.52 bits per heavy atom. The van der Waals surface area contributed by atoms with Crippen molar-refractivity contribution in [1.82, 2.24) is 0 Å². The number of nitrogens with one attached hydrogen (secondary N) is 1. The van der Waals surface area contributed by atoms with Gasteiger partial charge in [0.2, 0.25) is 6.04 Å². The SMILES string of the molecule is CCOc1cc(OCC)c(N=NC(C(C)=O)C(=O)Nc2cc(OC)c(Cl)c(OC)c2)cc1Cl. The van der Waals surface area contributed by atoms with Crippen LogP contribution in [0.15, 0.2) is 34.5 Å². The second kappa shape index (κ2) is 12.3. The van der Waals surface area contributed by atoms with E-state index in [4.69, 9.17) is 42.1 Å². The highest BCUT2D eigenvalue weighted by Gasteiger charge is 2.24. The maximum absolute atomic E-state index is 12.8. The molecule has 1 atom stereocenters. The number of ketones is 1. The maximum Gasteiger partial charge on any atom is 0.258 e. The van der Waals surface area contributed by atoms with Crippen molar-refractivity contribution >= 4 is 46.3 Å². The van der Waals surface area contributed by atoms with Gasteiger partial charge in [-0.05, 0) is 26.8 Å². The van der Waals surface area contributed by atoms with E-state index in [0.717, 1.165) is 0 Å². The van der Waals surface area contributed by atoms with E-state index in [1.165, 1.54) is 39.3 Å². The highest BCUT2D eigenvalue weighted by Crippen LogP contribution is 2.39. The molecule has 2 rings (SSSR count). The fourth-order valence-electron chi connectivity index (χ4n) is 2.73. The van der Waals surface area contributed by atoms with Gasteiger partial charge in [-0.15, -0.1) is 0 Å². The van der Waals surface area contributed by atoms with Crippen molar-refractivity contribution in [2.24, 2.45) is 10.2 Å². The van der Waals surface area contributed by atoms with Crippen LogP contribution >= 0.6 is 23.2 Å². The zero-order chi connectivity index (χ0) is 24.5. The number of nitrogens with zero attached hydrogens (tertiary/aromatic N) is 2. The van der Waals surface area contributed by atoms with Gasteiger partial charge in [-0.25, -0.2) is 0 Å². The molecule has 1 N–H and O–H groups in total. The monoisotopic (exact) mass is 497 g/mol. The lowest BCUT2D eigenvalue weighted by Gasteiger charge is -2.14. The first kappa shape index (κ1) is 26.2. The van der Waals surface area contributed by atoms with E-state index >= 15 is 0 Å². The van der Waals surface area contributed by atoms with Gasteiger partial charge in [0, 0.05) is 23.9 Å². The van der Waals surface area contributed by atoms with Crippen LogP contribution in [0.1, 0.15) is 20.8 Å². The number of hydrogen-bond donors (Lipinski definition) is 1. The molecule has 1 unspecified atom stereocenters. The van der Waals surface area contributed by atoms with Crippen molar-refractivity contribution in [2.75, 3.05) is 32.8 Å². The summed E-state index contributed by atoms with van der Waals surface area (Å²) < 4.78 is 21.4. The number of carbonyl (C=O) groups is 2. The Bertz CT molecular complexity index is 1020. The number of halogens is 2. The molecule has 0 aliphatic heterocycles. The zero-order valence-electron chi connectivity index (χ0n) is 18.9. The van der Waals surface area contributed by atoms with Crippen LogP contribution in [0.5, 0.6) is 23.0 Å². The van der Waals surface area contributed by atoms with E-state index < -0.39 is 17.7 Å². The summed E-state index contributed by atoms with van der Waals surface area (Å²) in [5.41, 5.74) is 0.554. The Morgan fingerprint density at radius 3 is 2.03 bits per heavy atom. The number of hydrogen-bond acceptors (Lipinski definition) is 8. The van der Waals surface area contributed by atoms with Crippen LogP contribution in [-0.2, 0) is 9.59 Å². The largest absolute Gasteiger partial charge is 0.495 e. The smallest absolute Gasteiger partial charge is 0.258 e. The van der Waals surface area contributed by atoms with E-state index in [0.29, 0.717) is 35.4 Å². The molecule has 0 saturated carbocycles. The molecule has 33 heavy (non-hydrogen) atoms. The number of Topliss-reactive ketones (excluding diaryl/α,β-unsaturated/α-hetero) is 1. The van der Waals surface area contributed by atoms with Gasteiger partial charge in [0.25, 0.3) is 5.91 Å². The molecule has 0 radical (unpaired) electrons. The molecule has 9 nitrogen and oxygen atoms in total. The number of amides is 1. The lowest BCUT2D eigenvalue weighted by molar-refractivity contribution is -0.126. The van der Waals surface area contributed by atoms with Crippen molar-refractivity contribution in [3.8, 4) is 23.0 Å². The minimum absolute atomic E-state index is 0.247. The number of anilines is 1. The Hall–Kier alpha value is -3.04. The van der Waals surface area contributed by atoms with Crippen LogP contribution in [0, 0.1) is 0 Å². The molecular formula is C22H25Cl2N3O6. The Balaban J connectivity index is 2.34. The van der Waals surface area contributed by atoms with Gasteiger partial charge < -0.3 is 24.3 Å². The first-order valence-electron chi connectivity index (χ1n) is 9.98. The minimum Gasteiger partial charge on any atom is -0.495 e. The summed E-state index contributed by atoms with van der Waals surface area (Å²) in [6.07, 6.45) is 0. The van der Waals surface area contributed by atoms with Crippen molar-refractivity contribution < 1.29 is 28.5 Å². The molecule has 0 saturated heterocycles. The minimum atomic E-state index is -1.42. The van der Waals surface area contributed by atoms with E-state index in [-0.39, 0.29) is 22.2 Å². The first-order valence-corrected chi connectivity index (χ1v) is 10.7. The second-order valence-corrected chi connectivity index (χ2v) is 7.31. The van der Waals surface area contributed by atoms with Crippen LogP contribution in [0.4, 0.5) is 11.4 Å². The van der Waals surface area contributed by atoms with Crippen LogP contribution in [0.2, 0.25) is 10.0 Å². The molecule has 1 amide bonds. The van der Waals surface area contributed by atoms with E-state index in [2.05, 4.69) is 15.5 Å². The van der Waals surface area contributed by atoms with Crippen LogP contribution in [0.3, 0.4) is 0 Å². The summed E-state index contributed by atoms with van der Waals surface area (Å²) >= 11 is 12.4. The molecule has 0 aliphatic carbocycles. The lowest BCUT2D eigenvalue weighted by atomic mass is 10.2. The number of rotatable bonds is 11. The van der Waals surface area contributed by atoms with Crippen molar-refractivity contribution in [1.29, 1.82) is 0 Å². The molecule has 0 bridgehead atoms. The van der Waals surface area contributed by atoms with Crippen LogP contribution in [0.25, 0.3) is 0 Å². The lowest BCUT2D eigenvalue weighted by Crippen LogP contribution is -2.31. The third-order valence-electron chi connectivity index (χ3n) is 4.24. The summed E-state index contributed by atoms with van der Waals surface area (Å²) in [6.45, 7) is 5.63. The van der Waals surface area contributed by atoms with Crippen molar-refractivity contribution in [3.63, 3.8) is 0 Å². The number of azo groups is 1. The highest BCUT2D eigenvalue weighted by atomic mass is 35.5. The first-order chi connectivity index (χ1) is 15.7. The Morgan fingerprint density at radius 1 is 0.939 bits per heavy atom. The molecule has 178 valence electrons. The number of methoxy groups -OCH3 is 2. The predicted molar refractivity (Wildman–Crippen MR) is 126 cm³/mol. The average Bonchev–Trinajstić information content (AvgIpc) is 2.77. The topological polar surface area (TPSA) is 108 Å². The summed E-state index contributed by atoms with van der Waals surface area (Å²) in [5.74, 6) is 0.138. The van der Waals surface area contributed by atoms with E-state index in [1.807, 2.05) is 6.92 Å². The maximum atomic E-state index is 12.8. The van der Waals surface area contributed by atoms with E-state index in [9.17, 15) is 9.59 Å². The van der Waals surface area contributed by atoms with Gasteiger partial charge in [-0.3, -0.25) is 9.59 Å². The fourth-order valence-corrected chi connectivity index (χ4v) is 3.21. The molecule has 2 aromatic rings. The summed E-state index contributed by atoms with van der Waals surface area (Å²) in [4.78, 5) is 25.0. The Kier molecular flexibility index (Phi) is 9.74. The molecule has 11 heteroatoms. The quantitative estimate of drug-likeness (QED) is 0.324. The molecule has 0 heterocycles. The number of ether oxygens (including phenoxy) is 4. The van der Waals surface area contributed by atoms with Gasteiger partial charge in [0.05, 0.1) is 32.5 Å². The molecular weight excluding hydrogens is 473 g/mol. The molecule has 0 fully saturated rings. The predicted octanol–water partition coefficient (Wildman–Crippen LogP) is 5.49. The fraction of sp³-hybridized carbons (Fsp3) is 0.364. The number of carbonyl (C=O) groups excluding carboxylic acids is 2. The highest BCUT2D eigenvalue weighted by molar-refractivity contribution is 6.33. The Labute approximate surface area is 202 Å². The molecule has 0 spiro atoms. The molecule has 2 aromatic carbocycles. The third kappa shape index (κ3) is 6.72. The van der Waals surface area contributed by atoms with Gasteiger partial charge in [0.15, 0.2) is 11.5 Å². The summed E-state index contributed by atoms with van der Waals surface area (Å²) in [7, 11) is 2.85. The van der Waals surface area contributed by atoms with Crippen LogP contribution < -0.4 is 24.3 Å². The second-order valence-electron chi connectivity index (χ2n) is 6.53. The summed E-state index contributed by atoms with van der Waals surface area (Å²) in [5, 5.41) is 11.1. The normalized spacial score (nSPS) is 11.7. The van der Waals surface area contributed by atoms with Gasteiger partial charge in [0.1, 0.15) is 28.0 Å². The van der Waals surface area contributed by atoms with Gasteiger partial charge in [-0.1, -0.05) is 23.2 Å². The average molecular weight is 498 g/mol. The van der Waals surface area contributed by atoms with Crippen molar-refractivity contribution in [3.05, 3.63) is 34.3 Å². The zero-order valence-corrected chi connectivity index (χ0v) is 20.4. The molecule has 0 aliphatic rings. The van der Waals surface area contributed by atoms with Crippen LogP contribution in [-0.4, -0.2) is 45.2 Å². The van der Waals surface area contributed by atoms with Crippen molar-refractivity contribution in [2.45, 2.75) is 26.8 Å².